The molecular weight excluding hydrogens is 240 g/mol. The van der Waals surface area contributed by atoms with Crippen LogP contribution < -0.4 is 0 Å². The molecule has 4 nitrogen and oxygen atoms in total. The van der Waals surface area contributed by atoms with Gasteiger partial charge in [0.2, 0.25) is 0 Å². The molecule has 2 fully saturated rings. The van der Waals surface area contributed by atoms with Crippen LogP contribution in [-0.4, -0.2) is 21.1 Å². The summed E-state index contributed by atoms with van der Waals surface area (Å²) in [5.41, 5.74) is 0.708. The van der Waals surface area contributed by atoms with Crippen LogP contribution in [0.5, 0.6) is 0 Å². The van der Waals surface area contributed by atoms with Crippen LogP contribution >= 0.6 is 0 Å². The molecule has 2 aliphatic carbocycles. The number of ketones is 2. The second kappa shape index (κ2) is 4.58. The van der Waals surface area contributed by atoms with Gasteiger partial charge in [0, 0.05) is 19.7 Å². The minimum atomic E-state index is -0.443. The molecule has 3 rings (SSSR count). The quantitative estimate of drug-likeness (QED) is 0.606. The number of aromatic nitrogens is 2. The molecule has 19 heavy (non-hydrogen) atoms. The Hall–Kier alpha value is -1.45. The van der Waals surface area contributed by atoms with Gasteiger partial charge in [-0.1, -0.05) is 12.8 Å². The Kier molecular flexibility index (Phi) is 3.03. The molecule has 2 aliphatic rings. The first-order valence-corrected chi connectivity index (χ1v) is 7.15. The molecule has 4 heteroatoms. The Morgan fingerprint density at radius 3 is 2.74 bits per heavy atom. The van der Waals surface area contributed by atoms with Crippen molar-refractivity contribution in [2.45, 2.75) is 44.9 Å². The Balaban J connectivity index is 1.81. The fourth-order valence-electron chi connectivity index (χ4n) is 3.75. The molecule has 1 aromatic heterocycles. The average molecular weight is 260 g/mol. The third-order valence-corrected chi connectivity index (χ3v) is 4.87. The molecule has 0 aromatic carbocycles. The molecule has 1 unspecified atom stereocenters. The van der Waals surface area contributed by atoms with Crippen LogP contribution in [0.1, 0.15) is 55.4 Å². The molecular formula is C15H20N2O2. The lowest BCUT2D eigenvalue weighted by Crippen LogP contribution is -2.36. The van der Waals surface area contributed by atoms with Crippen LogP contribution in [0.3, 0.4) is 0 Å². The molecule has 102 valence electrons. The maximum absolute atomic E-state index is 12.5. The van der Waals surface area contributed by atoms with E-state index in [9.17, 15) is 9.59 Å². The van der Waals surface area contributed by atoms with Gasteiger partial charge < -0.3 is 4.57 Å². The van der Waals surface area contributed by atoms with Gasteiger partial charge in [-0.3, -0.25) is 9.59 Å². The van der Waals surface area contributed by atoms with E-state index in [4.69, 9.17) is 0 Å². The van der Waals surface area contributed by atoms with Crippen molar-refractivity contribution in [3.05, 3.63) is 18.2 Å². The van der Waals surface area contributed by atoms with Crippen molar-refractivity contribution < 1.29 is 9.59 Å². The predicted octanol–water partition coefficient (Wildman–Crippen LogP) is 2.53. The zero-order chi connectivity index (χ0) is 13.5. The zero-order valence-electron chi connectivity index (χ0n) is 11.4. The summed E-state index contributed by atoms with van der Waals surface area (Å²) in [6, 6.07) is 0. The van der Waals surface area contributed by atoms with Crippen molar-refractivity contribution in [3.8, 4) is 0 Å². The van der Waals surface area contributed by atoms with E-state index in [0.717, 1.165) is 12.8 Å². The fraction of sp³-hybridized carbons (Fsp3) is 0.667. The average Bonchev–Trinajstić information content (AvgIpc) is 3.02. The number of hydrogen-bond acceptors (Lipinski definition) is 3. The number of rotatable bonds is 2. The van der Waals surface area contributed by atoms with Crippen molar-refractivity contribution in [3.63, 3.8) is 0 Å². The molecule has 0 amide bonds. The van der Waals surface area contributed by atoms with E-state index in [1.807, 2.05) is 7.05 Å². The number of imidazole rings is 1. The number of Topliss-reactive ketones (excluding diaryl/α,β-unsaturated/α-hetero) is 2. The first-order valence-electron chi connectivity index (χ1n) is 7.15. The van der Waals surface area contributed by atoms with Crippen molar-refractivity contribution in [2.75, 3.05) is 0 Å². The number of nitrogens with zero attached hydrogens (tertiary/aromatic N) is 2. The highest BCUT2D eigenvalue weighted by Gasteiger charge is 2.44. The SMILES string of the molecule is Cn1cnc(C(=O)C2CC3(CCCC3)CCC2=O)c1. The first-order chi connectivity index (χ1) is 9.10. The van der Waals surface area contributed by atoms with Crippen molar-refractivity contribution in [1.82, 2.24) is 9.55 Å². The Labute approximate surface area is 113 Å². The zero-order valence-corrected chi connectivity index (χ0v) is 11.4. The maximum Gasteiger partial charge on any atom is 0.193 e. The van der Waals surface area contributed by atoms with Crippen LogP contribution in [0.2, 0.25) is 0 Å². The smallest absolute Gasteiger partial charge is 0.193 e. The summed E-state index contributed by atoms with van der Waals surface area (Å²) in [6.45, 7) is 0. The molecule has 1 aromatic rings. The van der Waals surface area contributed by atoms with Gasteiger partial charge in [-0.05, 0) is 31.1 Å². The van der Waals surface area contributed by atoms with Crippen LogP contribution in [0.25, 0.3) is 0 Å². The normalized spacial score (nSPS) is 25.9. The molecule has 1 spiro atoms. The Morgan fingerprint density at radius 2 is 2.11 bits per heavy atom. The van der Waals surface area contributed by atoms with E-state index in [-0.39, 0.29) is 17.0 Å². The molecule has 0 aliphatic heterocycles. The van der Waals surface area contributed by atoms with Crippen LogP contribution in [0, 0.1) is 11.3 Å². The second-order valence-corrected chi connectivity index (χ2v) is 6.22. The summed E-state index contributed by atoms with van der Waals surface area (Å²) >= 11 is 0. The molecule has 0 radical (unpaired) electrons. The lowest BCUT2D eigenvalue weighted by Gasteiger charge is -2.36. The van der Waals surface area contributed by atoms with E-state index < -0.39 is 5.92 Å². The van der Waals surface area contributed by atoms with Gasteiger partial charge >= 0.3 is 0 Å². The maximum atomic E-state index is 12.5. The highest BCUT2D eigenvalue weighted by atomic mass is 16.2. The minimum Gasteiger partial charge on any atom is -0.340 e. The topological polar surface area (TPSA) is 52.0 Å². The monoisotopic (exact) mass is 260 g/mol. The molecule has 1 heterocycles. The summed E-state index contributed by atoms with van der Waals surface area (Å²) in [6.07, 6.45) is 10.5. The van der Waals surface area contributed by atoms with Gasteiger partial charge in [0.25, 0.3) is 0 Å². The predicted molar refractivity (Wildman–Crippen MR) is 70.8 cm³/mol. The lowest BCUT2D eigenvalue weighted by atomic mass is 9.67. The highest BCUT2D eigenvalue weighted by molar-refractivity contribution is 6.10. The summed E-state index contributed by atoms with van der Waals surface area (Å²) in [5.74, 6) is -0.397. The number of carbonyl (C=O) groups excluding carboxylic acids is 2. The molecule has 0 bridgehead atoms. The lowest BCUT2D eigenvalue weighted by molar-refractivity contribution is -0.125. The minimum absolute atomic E-state index is 0.0726. The second-order valence-electron chi connectivity index (χ2n) is 6.22. The van der Waals surface area contributed by atoms with E-state index in [1.165, 1.54) is 25.7 Å². The van der Waals surface area contributed by atoms with Gasteiger partial charge in [-0.2, -0.15) is 0 Å². The van der Waals surface area contributed by atoms with Crippen molar-refractivity contribution in [2.24, 2.45) is 18.4 Å². The van der Waals surface area contributed by atoms with Gasteiger partial charge in [0.05, 0.1) is 12.2 Å². The van der Waals surface area contributed by atoms with Gasteiger partial charge in [0.1, 0.15) is 11.5 Å². The third kappa shape index (κ3) is 2.24. The molecule has 0 saturated heterocycles. The van der Waals surface area contributed by atoms with E-state index in [0.29, 0.717) is 12.1 Å². The number of aryl methyl sites for hydroxylation is 1. The number of carbonyl (C=O) groups is 2. The van der Waals surface area contributed by atoms with Crippen LogP contribution in [0.4, 0.5) is 0 Å². The van der Waals surface area contributed by atoms with E-state index in [1.54, 1.807) is 17.1 Å². The largest absolute Gasteiger partial charge is 0.340 e. The fourth-order valence-corrected chi connectivity index (χ4v) is 3.75. The molecule has 2 saturated carbocycles. The Morgan fingerprint density at radius 1 is 1.37 bits per heavy atom. The summed E-state index contributed by atoms with van der Waals surface area (Å²) < 4.78 is 1.76. The first kappa shape index (κ1) is 12.6. The van der Waals surface area contributed by atoms with Crippen molar-refractivity contribution >= 4 is 11.6 Å². The summed E-state index contributed by atoms with van der Waals surface area (Å²) in [5, 5.41) is 0. The summed E-state index contributed by atoms with van der Waals surface area (Å²) in [4.78, 5) is 28.7. The van der Waals surface area contributed by atoms with Crippen LogP contribution in [0.15, 0.2) is 12.5 Å². The Bertz CT molecular complexity index is 512. The molecule has 0 N–H and O–H groups in total. The highest BCUT2D eigenvalue weighted by Crippen LogP contribution is 2.50. The van der Waals surface area contributed by atoms with Gasteiger partial charge in [-0.15, -0.1) is 0 Å². The van der Waals surface area contributed by atoms with E-state index in [2.05, 4.69) is 4.98 Å². The van der Waals surface area contributed by atoms with Crippen molar-refractivity contribution in [1.29, 1.82) is 0 Å². The van der Waals surface area contributed by atoms with Gasteiger partial charge in [-0.25, -0.2) is 4.98 Å². The number of hydrogen-bond donors (Lipinski definition) is 0. The standard InChI is InChI=1S/C15H20N2O2/c1-17-9-12(16-10-17)14(19)11-8-15(5-2-3-6-15)7-4-13(11)18/h9-11H,2-8H2,1H3. The van der Waals surface area contributed by atoms with Crippen LogP contribution in [-0.2, 0) is 11.8 Å². The molecule has 1 atom stereocenters. The van der Waals surface area contributed by atoms with Gasteiger partial charge in [0.15, 0.2) is 5.78 Å². The third-order valence-electron chi connectivity index (χ3n) is 4.87. The summed E-state index contributed by atoms with van der Waals surface area (Å²) in [7, 11) is 1.84. The van der Waals surface area contributed by atoms with E-state index >= 15 is 0 Å².